The second kappa shape index (κ2) is 6.01. The van der Waals surface area contributed by atoms with E-state index in [1.165, 1.54) is 0 Å². The molecule has 1 heterocycles. The Bertz CT molecular complexity index is 450. The monoisotopic (exact) mass is 267 g/mol. The summed E-state index contributed by atoms with van der Waals surface area (Å²) in [5.74, 6) is -0.367. The molecule has 0 aromatic heterocycles. The van der Waals surface area contributed by atoms with Gasteiger partial charge in [0.25, 0.3) is 0 Å². The van der Waals surface area contributed by atoms with Crippen LogP contribution in [0.5, 0.6) is 5.75 Å². The number of nitrogens with one attached hydrogen (secondary N) is 1. The zero-order chi connectivity index (χ0) is 13.8. The lowest BCUT2D eigenvalue weighted by molar-refractivity contribution is -0.142. The van der Waals surface area contributed by atoms with Crippen LogP contribution in [0, 0.1) is 0 Å². The van der Waals surface area contributed by atoms with E-state index in [1.54, 1.807) is 7.11 Å². The fourth-order valence-electron chi connectivity index (χ4n) is 2.11. The zero-order valence-corrected chi connectivity index (χ0v) is 10.6. The van der Waals surface area contributed by atoms with Crippen LogP contribution in [0.4, 0.5) is 0 Å². The van der Waals surface area contributed by atoms with E-state index in [4.69, 9.17) is 14.6 Å². The highest BCUT2D eigenvalue weighted by molar-refractivity contribution is 5.74. The maximum absolute atomic E-state index is 10.8. The Hall–Kier alpha value is -1.63. The predicted molar refractivity (Wildman–Crippen MR) is 67.0 cm³/mol. The van der Waals surface area contributed by atoms with E-state index >= 15 is 0 Å². The first-order valence-corrected chi connectivity index (χ1v) is 6.01. The average Bonchev–Trinajstić information content (AvgIpc) is 2.78. The highest BCUT2D eigenvalue weighted by Gasteiger charge is 2.39. The Labute approximate surface area is 111 Å². The molecule has 6 nitrogen and oxygen atoms in total. The van der Waals surface area contributed by atoms with Crippen LogP contribution in [-0.4, -0.2) is 48.1 Å². The van der Waals surface area contributed by atoms with Crippen LogP contribution >= 0.6 is 0 Å². The molecular weight excluding hydrogens is 250 g/mol. The SMILES string of the molecule is COc1ccccc1CO[C@H]1CN[C@H](C(=O)O)[C@@H]1O. The Morgan fingerprint density at radius 2 is 2.21 bits per heavy atom. The van der Waals surface area contributed by atoms with Gasteiger partial charge in [0.2, 0.25) is 0 Å². The molecule has 6 heteroatoms. The Kier molecular flexibility index (Phi) is 4.36. The molecule has 0 unspecified atom stereocenters. The van der Waals surface area contributed by atoms with Crippen LogP contribution in [0.1, 0.15) is 5.56 Å². The summed E-state index contributed by atoms with van der Waals surface area (Å²) in [6.45, 7) is 0.576. The first kappa shape index (κ1) is 13.8. The van der Waals surface area contributed by atoms with Gasteiger partial charge in [-0.3, -0.25) is 10.1 Å². The number of ether oxygens (including phenoxy) is 2. The van der Waals surface area contributed by atoms with Crippen molar-refractivity contribution in [3.05, 3.63) is 29.8 Å². The van der Waals surface area contributed by atoms with Crippen LogP contribution in [-0.2, 0) is 16.1 Å². The number of rotatable bonds is 5. The molecule has 0 radical (unpaired) electrons. The van der Waals surface area contributed by atoms with Crippen molar-refractivity contribution in [1.82, 2.24) is 5.32 Å². The van der Waals surface area contributed by atoms with E-state index in [1.807, 2.05) is 24.3 Å². The summed E-state index contributed by atoms with van der Waals surface area (Å²) in [5.41, 5.74) is 0.857. The molecule has 1 aliphatic rings. The second-order valence-corrected chi connectivity index (χ2v) is 4.38. The Morgan fingerprint density at radius 3 is 2.84 bits per heavy atom. The number of carboxylic acid groups (broad SMARTS) is 1. The van der Waals surface area contributed by atoms with Gasteiger partial charge in [0.05, 0.1) is 19.8 Å². The van der Waals surface area contributed by atoms with Gasteiger partial charge in [-0.2, -0.15) is 0 Å². The molecule has 2 rings (SSSR count). The van der Waals surface area contributed by atoms with E-state index in [0.717, 1.165) is 5.56 Å². The number of aliphatic hydroxyl groups is 1. The maximum atomic E-state index is 10.8. The van der Waals surface area contributed by atoms with E-state index in [9.17, 15) is 9.90 Å². The predicted octanol–water partition coefficient (Wildman–Crippen LogP) is -0.00230. The lowest BCUT2D eigenvalue weighted by atomic mass is 10.1. The fourth-order valence-corrected chi connectivity index (χ4v) is 2.11. The molecule has 19 heavy (non-hydrogen) atoms. The highest BCUT2D eigenvalue weighted by Crippen LogP contribution is 2.20. The van der Waals surface area contributed by atoms with Crippen molar-refractivity contribution < 1.29 is 24.5 Å². The first-order valence-electron chi connectivity index (χ1n) is 6.01. The summed E-state index contributed by atoms with van der Waals surface area (Å²) in [4.78, 5) is 10.8. The van der Waals surface area contributed by atoms with Gasteiger partial charge >= 0.3 is 5.97 Å². The molecule has 1 saturated heterocycles. The van der Waals surface area contributed by atoms with Gasteiger partial charge in [-0.15, -0.1) is 0 Å². The van der Waals surface area contributed by atoms with Crippen molar-refractivity contribution in [2.45, 2.75) is 24.9 Å². The molecule has 104 valence electrons. The summed E-state index contributed by atoms with van der Waals surface area (Å²) in [7, 11) is 1.57. The standard InChI is InChI=1S/C13H17NO5/c1-18-9-5-3-2-4-8(9)7-19-10-6-14-11(12(10)15)13(16)17/h2-5,10-12,14-15H,6-7H2,1H3,(H,16,17)/t10-,11-,12+/m0/s1. The van der Waals surface area contributed by atoms with Crippen LogP contribution in [0.25, 0.3) is 0 Å². The van der Waals surface area contributed by atoms with Crippen molar-refractivity contribution in [2.75, 3.05) is 13.7 Å². The number of para-hydroxylation sites is 1. The van der Waals surface area contributed by atoms with Crippen molar-refractivity contribution in [1.29, 1.82) is 0 Å². The second-order valence-electron chi connectivity index (χ2n) is 4.38. The van der Waals surface area contributed by atoms with Gasteiger partial charge in [-0.1, -0.05) is 18.2 Å². The van der Waals surface area contributed by atoms with Crippen LogP contribution in [0.3, 0.4) is 0 Å². The number of carboxylic acids is 1. The minimum absolute atomic E-state index is 0.264. The molecule has 1 aromatic rings. The van der Waals surface area contributed by atoms with Crippen molar-refractivity contribution in [3.63, 3.8) is 0 Å². The maximum Gasteiger partial charge on any atom is 0.323 e. The van der Waals surface area contributed by atoms with E-state index in [2.05, 4.69) is 5.32 Å². The number of aliphatic carboxylic acids is 1. The molecule has 0 aliphatic carbocycles. The number of hydrogen-bond acceptors (Lipinski definition) is 5. The van der Waals surface area contributed by atoms with Gasteiger partial charge in [-0.05, 0) is 6.07 Å². The van der Waals surface area contributed by atoms with E-state index < -0.39 is 24.2 Å². The van der Waals surface area contributed by atoms with E-state index in [-0.39, 0.29) is 6.61 Å². The third kappa shape index (κ3) is 3.04. The molecule has 0 amide bonds. The topological polar surface area (TPSA) is 88.0 Å². The van der Waals surface area contributed by atoms with Gasteiger partial charge in [-0.25, -0.2) is 0 Å². The molecule has 1 aromatic carbocycles. The lowest BCUT2D eigenvalue weighted by Gasteiger charge is -2.17. The molecule has 3 N–H and O–H groups in total. The van der Waals surface area contributed by atoms with Crippen molar-refractivity contribution in [3.8, 4) is 5.75 Å². The van der Waals surface area contributed by atoms with Gasteiger partial charge < -0.3 is 19.7 Å². The number of methoxy groups -OCH3 is 1. The number of hydrogen-bond donors (Lipinski definition) is 3. The molecular formula is C13H17NO5. The largest absolute Gasteiger partial charge is 0.496 e. The number of aliphatic hydroxyl groups excluding tert-OH is 1. The summed E-state index contributed by atoms with van der Waals surface area (Å²) >= 11 is 0. The molecule has 1 fully saturated rings. The zero-order valence-electron chi connectivity index (χ0n) is 10.6. The number of benzene rings is 1. The molecule has 0 saturated carbocycles. The van der Waals surface area contributed by atoms with E-state index in [0.29, 0.717) is 12.3 Å². The van der Waals surface area contributed by atoms with Gasteiger partial charge in [0.15, 0.2) is 0 Å². The lowest BCUT2D eigenvalue weighted by Crippen LogP contribution is -2.40. The summed E-state index contributed by atoms with van der Waals surface area (Å²) in [6, 6.07) is 6.44. The normalized spacial score (nSPS) is 26.3. The highest BCUT2D eigenvalue weighted by atomic mass is 16.5. The smallest absolute Gasteiger partial charge is 0.323 e. The minimum Gasteiger partial charge on any atom is -0.496 e. The molecule has 3 atom stereocenters. The first-order chi connectivity index (χ1) is 9.13. The van der Waals surface area contributed by atoms with Crippen LogP contribution in [0.15, 0.2) is 24.3 Å². The Morgan fingerprint density at radius 1 is 1.47 bits per heavy atom. The summed E-state index contributed by atoms with van der Waals surface area (Å²) in [5, 5.41) is 21.4. The van der Waals surface area contributed by atoms with Gasteiger partial charge in [0, 0.05) is 12.1 Å². The van der Waals surface area contributed by atoms with Gasteiger partial charge in [0.1, 0.15) is 17.9 Å². The number of carbonyl (C=O) groups is 1. The quantitative estimate of drug-likeness (QED) is 0.696. The fraction of sp³-hybridized carbons (Fsp3) is 0.462. The molecule has 0 bridgehead atoms. The third-order valence-corrected chi connectivity index (χ3v) is 3.17. The van der Waals surface area contributed by atoms with Crippen LogP contribution in [0.2, 0.25) is 0 Å². The molecule has 0 spiro atoms. The van der Waals surface area contributed by atoms with Crippen molar-refractivity contribution in [2.24, 2.45) is 0 Å². The van der Waals surface area contributed by atoms with Crippen LogP contribution < -0.4 is 10.1 Å². The Balaban J connectivity index is 1.94. The summed E-state index contributed by atoms with van der Waals surface area (Å²) in [6.07, 6.45) is -1.58. The minimum atomic E-state index is -1.07. The molecule has 1 aliphatic heterocycles. The third-order valence-electron chi connectivity index (χ3n) is 3.17. The summed E-state index contributed by atoms with van der Waals surface area (Å²) < 4.78 is 10.8. The van der Waals surface area contributed by atoms with Crippen molar-refractivity contribution >= 4 is 5.97 Å². The average molecular weight is 267 g/mol.